The van der Waals surface area contributed by atoms with Gasteiger partial charge in [0.25, 0.3) is 0 Å². The zero-order chi connectivity index (χ0) is 10.8. The lowest BCUT2D eigenvalue weighted by Crippen LogP contribution is -1.99. The van der Waals surface area contributed by atoms with E-state index >= 15 is 0 Å². The number of furan rings is 1. The molecule has 0 saturated heterocycles. The van der Waals surface area contributed by atoms with E-state index in [-0.39, 0.29) is 6.42 Å². The molecule has 0 aliphatic carbocycles. The summed E-state index contributed by atoms with van der Waals surface area (Å²) in [6, 6.07) is 5.36. The predicted molar refractivity (Wildman–Crippen MR) is 54.1 cm³/mol. The van der Waals surface area contributed by atoms with E-state index in [2.05, 4.69) is 0 Å². The summed E-state index contributed by atoms with van der Waals surface area (Å²) in [6.07, 6.45) is 1.40. The van der Waals surface area contributed by atoms with E-state index in [9.17, 15) is 4.79 Å². The number of carboxylic acids is 1. The van der Waals surface area contributed by atoms with Gasteiger partial charge in [0.15, 0.2) is 0 Å². The first kappa shape index (κ1) is 9.58. The van der Waals surface area contributed by atoms with E-state index in [0.717, 1.165) is 5.39 Å². The van der Waals surface area contributed by atoms with Crippen molar-refractivity contribution in [2.45, 2.75) is 6.42 Å². The van der Waals surface area contributed by atoms with Gasteiger partial charge in [0, 0.05) is 5.56 Å². The van der Waals surface area contributed by atoms with Crippen LogP contribution in [0.4, 0.5) is 0 Å². The van der Waals surface area contributed by atoms with Crippen LogP contribution in [0.2, 0.25) is 0 Å². The first-order valence-corrected chi connectivity index (χ1v) is 4.47. The second-order valence-electron chi connectivity index (χ2n) is 3.16. The molecule has 0 amide bonds. The number of carboxylic acid groups (broad SMARTS) is 1. The fourth-order valence-corrected chi connectivity index (χ4v) is 1.58. The fourth-order valence-electron chi connectivity index (χ4n) is 1.58. The van der Waals surface area contributed by atoms with E-state index < -0.39 is 5.97 Å². The van der Waals surface area contributed by atoms with Crippen molar-refractivity contribution in [3.8, 4) is 5.75 Å². The van der Waals surface area contributed by atoms with Crippen LogP contribution in [0.5, 0.6) is 5.75 Å². The Bertz CT molecular complexity index is 498. The van der Waals surface area contributed by atoms with Gasteiger partial charge in [-0.05, 0) is 12.1 Å². The Morgan fingerprint density at radius 2 is 2.33 bits per heavy atom. The van der Waals surface area contributed by atoms with Gasteiger partial charge < -0.3 is 14.3 Å². The zero-order valence-electron chi connectivity index (χ0n) is 8.19. The average molecular weight is 206 g/mol. The van der Waals surface area contributed by atoms with Gasteiger partial charge in [0.1, 0.15) is 11.3 Å². The second kappa shape index (κ2) is 3.65. The van der Waals surface area contributed by atoms with Crippen LogP contribution in [0.25, 0.3) is 11.0 Å². The third-order valence-electron chi connectivity index (χ3n) is 2.20. The van der Waals surface area contributed by atoms with E-state index in [0.29, 0.717) is 16.9 Å². The van der Waals surface area contributed by atoms with Gasteiger partial charge >= 0.3 is 5.97 Å². The van der Waals surface area contributed by atoms with E-state index in [1.165, 1.54) is 6.26 Å². The molecule has 0 aliphatic heterocycles. The minimum absolute atomic E-state index is 0.0621. The number of methoxy groups -OCH3 is 1. The number of rotatable bonds is 3. The highest BCUT2D eigenvalue weighted by atomic mass is 16.5. The summed E-state index contributed by atoms with van der Waals surface area (Å²) in [5.74, 6) is -0.249. The molecule has 4 nitrogen and oxygen atoms in total. The molecule has 78 valence electrons. The van der Waals surface area contributed by atoms with Crippen molar-refractivity contribution in [2.24, 2.45) is 0 Å². The normalized spacial score (nSPS) is 10.5. The minimum atomic E-state index is -0.886. The highest BCUT2D eigenvalue weighted by Gasteiger charge is 2.13. The molecular weight excluding hydrogens is 196 g/mol. The molecule has 0 unspecified atom stereocenters. The van der Waals surface area contributed by atoms with Crippen molar-refractivity contribution in [2.75, 3.05) is 7.11 Å². The molecule has 0 atom stereocenters. The maximum absolute atomic E-state index is 10.6. The van der Waals surface area contributed by atoms with Crippen LogP contribution in [-0.4, -0.2) is 18.2 Å². The topological polar surface area (TPSA) is 59.7 Å². The largest absolute Gasteiger partial charge is 0.496 e. The number of hydrogen-bond acceptors (Lipinski definition) is 3. The van der Waals surface area contributed by atoms with Crippen molar-refractivity contribution in [1.82, 2.24) is 0 Å². The van der Waals surface area contributed by atoms with E-state index in [1.54, 1.807) is 25.3 Å². The Morgan fingerprint density at radius 3 is 3.00 bits per heavy atom. The summed E-state index contributed by atoms with van der Waals surface area (Å²) >= 11 is 0. The Kier molecular flexibility index (Phi) is 2.33. The molecule has 0 aliphatic rings. The summed E-state index contributed by atoms with van der Waals surface area (Å²) in [5.41, 5.74) is 1.28. The van der Waals surface area contributed by atoms with Crippen molar-refractivity contribution in [3.05, 3.63) is 30.0 Å². The number of hydrogen-bond donors (Lipinski definition) is 1. The molecule has 4 heteroatoms. The molecule has 2 aromatic rings. The summed E-state index contributed by atoms with van der Waals surface area (Å²) < 4.78 is 10.4. The van der Waals surface area contributed by atoms with Gasteiger partial charge in [-0.1, -0.05) is 6.07 Å². The van der Waals surface area contributed by atoms with Crippen LogP contribution in [0.3, 0.4) is 0 Å². The summed E-state index contributed by atoms with van der Waals surface area (Å²) in [4.78, 5) is 10.6. The van der Waals surface area contributed by atoms with E-state index in [4.69, 9.17) is 14.3 Å². The third-order valence-corrected chi connectivity index (χ3v) is 2.20. The van der Waals surface area contributed by atoms with Gasteiger partial charge in [-0.25, -0.2) is 0 Å². The maximum atomic E-state index is 10.6. The predicted octanol–water partition coefficient (Wildman–Crippen LogP) is 2.07. The Balaban J connectivity index is 2.60. The quantitative estimate of drug-likeness (QED) is 0.835. The average Bonchev–Trinajstić information content (AvgIpc) is 2.61. The van der Waals surface area contributed by atoms with Crippen LogP contribution in [0.15, 0.2) is 28.9 Å². The SMILES string of the molecule is COc1cccc2occ(CC(=O)O)c12. The molecule has 0 fully saturated rings. The molecule has 1 N–H and O–H groups in total. The lowest BCUT2D eigenvalue weighted by molar-refractivity contribution is -0.136. The highest BCUT2D eigenvalue weighted by molar-refractivity contribution is 5.90. The lowest BCUT2D eigenvalue weighted by atomic mass is 10.1. The standard InChI is InChI=1S/C11H10O4/c1-14-8-3-2-4-9-11(8)7(6-15-9)5-10(12)13/h2-4,6H,5H2,1H3,(H,12,13). The van der Waals surface area contributed by atoms with Gasteiger partial charge in [-0.3, -0.25) is 4.79 Å². The monoisotopic (exact) mass is 206 g/mol. The molecule has 0 bridgehead atoms. The van der Waals surface area contributed by atoms with Crippen molar-refractivity contribution in [3.63, 3.8) is 0 Å². The van der Waals surface area contributed by atoms with Crippen molar-refractivity contribution in [1.29, 1.82) is 0 Å². The van der Waals surface area contributed by atoms with Crippen LogP contribution < -0.4 is 4.74 Å². The number of fused-ring (bicyclic) bond motifs is 1. The fraction of sp³-hybridized carbons (Fsp3) is 0.182. The molecule has 0 saturated carbocycles. The first-order chi connectivity index (χ1) is 7.22. The maximum Gasteiger partial charge on any atom is 0.307 e. The summed E-state index contributed by atoms with van der Waals surface area (Å²) in [7, 11) is 1.55. The highest BCUT2D eigenvalue weighted by Crippen LogP contribution is 2.30. The van der Waals surface area contributed by atoms with Gasteiger partial charge in [0.05, 0.1) is 25.2 Å². The molecule has 2 rings (SSSR count). The van der Waals surface area contributed by atoms with Crippen LogP contribution in [-0.2, 0) is 11.2 Å². The molecule has 1 heterocycles. The van der Waals surface area contributed by atoms with Crippen LogP contribution in [0.1, 0.15) is 5.56 Å². The molecule has 0 spiro atoms. The Labute approximate surface area is 86.1 Å². The van der Waals surface area contributed by atoms with Crippen molar-refractivity contribution >= 4 is 16.9 Å². The molecule has 0 radical (unpaired) electrons. The van der Waals surface area contributed by atoms with Crippen molar-refractivity contribution < 1.29 is 19.1 Å². The molecule has 15 heavy (non-hydrogen) atoms. The third kappa shape index (κ3) is 1.66. The number of benzene rings is 1. The molecule has 1 aromatic heterocycles. The first-order valence-electron chi connectivity index (χ1n) is 4.47. The Hall–Kier alpha value is -1.97. The second-order valence-corrected chi connectivity index (χ2v) is 3.16. The summed E-state index contributed by atoms with van der Waals surface area (Å²) in [5, 5.41) is 9.46. The zero-order valence-corrected chi connectivity index (χ0v) is 8.19. The smallest absolute Gasteiger partial charge is 0.307 e. The van der Waals surface area contributed by atoms with Gasteiger partial charge in [-0.15, -0.1) is 0 Å². The molecule has 1 aromatic carbocycles. The van der Waals surface area contributed by atoms with Gasteiger partial charge in [0.2, 0.25) is 0 Å². The number of carbonyl (C=O) groups is 1. The minimum Gasteiger partial charge on any atom is -0.496 e. The number of ether oxygens (including phenoxy) is 1. The van der Waals surface area contributed by atoms with Gasteiger partial charge in [-0.2, -0.15) is 0 Å². The lowest BCUT2D eigenvalue weighted by Gasteiger charge is -2.01. The Morgan fingerprint density at radius 1 is 1.53 bits per heavy atom. The van der Waals surface area contributed by atoms with Crippen LogP contribution >= 0.6 is 0 Å². The summed E-state index contributed by atoms with van der Waals surface area (Å²) in [6.45, 7) is 0. The number of aliphatic carboxylic acids is 1. The van der Waals surface area contributed by atoms with Crippen LogP contribution in [0, 0.1) is 0 Å². The molecular formula is C11H10O4. The van der Waals surface area contributed by atoms with E-state index in [1.807, 2.05) is 0 Å².